The topological polar surface area (TPSA) is 53.6 Å². The zero-order chi connectivity index (χ0) is 18.4. The van der Waals surface area contributed by atoms with Crippen molar-refractivity contribution in [1.29, 1.82) is 0 Å². The molecule has 2 N–H and O–H groups in total. The number of hydrogen-bond donors (Lipinski definition) is 2. The highest BCUT2D eigenvalue weighted by Crippen LogP contribution is 2.29. The Bertz CT molecular complexity index is 738. The fourth-order valence-corrected chi connectivity index (χ4v) is 3.24. The lowest BCUT2D eigenvalue weighted by Gasteiger charge is -2.31. The number of carbonyl (C=O) groups is 1. The number of halogens is 3. The molecule has 0 bridgehead atoms. The second-order valence-corrected chi connectivity index (χ2v) is 6.91. The summed E-state index contributed by atoms with van der Waals surface area (Å²) in [4.78, 5) is 14.4. The van der Waals surface area contributed by atoms with Gasteiger partial charge >= 0.3 is 0 Å². The number of benzene rings is 2. The molecule has 0 unspecified atom stereocenters. The molecule has 0 saturated carbocycles. The van der Waals surface area contributed by atoms with Crippen LogP contribution < -0.4 is 15.4 Å². The monoisotopic (exact) mass is 445 g/mol. The first kappa shape index (κ1) is 24.5. The van der Waals surface area contributed by atoms with Crippen LogP contribution in [0.3, 0.4) is 0 Å². The standard InChI is InChI=1S/C20H24ClN3O2.2ClH/c1-24(16-10-12-22-13-11-16)14-20(25)23-15-6-8-17(9-7-15)26-19-5-3-2-4-18(19)21;;/h2-9,16,22H,10-14H2,1H3,(H,23,25);2*1H. The molecule has 1 amide bonds. The summed E-state index contributed by atoms with van der Waals surface area (Å²) < 4.78 is 5.75. The largest absolute Gasteiger partial charge is 0.456 e. The van der Waals surface area contributed by atoms with Gasteiger partial charge in [-0.3, -0.25) is 9.69 Å². The first-order chi connectivity index (χ1) is 12.6. The molecule has 1 aliphatic rings. The maximum absolute atomic E-state index is 12.3. The molecule has 1 heterocycles. The van der Waals surface area contributed by atoms with Gasteiger partial charge in [0.25, 0.3) is 0 Å². The zero-order valence-corrected chi connectivity index (χ0v) is 18.1. The molecule has 154 valence electrons. The van der Waals surface area contributed by atoms with Crippen LogP contribution in [0.4, 0.5) is 5.69 Å². The second kappa shape index (κ2) is 12.1. The van der Waals surface area contributed by atoms with Crippen molar-refractivity contribution in [2.75, 3.05) is 32.0 Å². The number of nitrogens with one attached hydrogen (secondary N) is 2. The van der Waals surface area contributed by atoms with Gasteiger partial charge in [-0.2, -0.15) is 0 Å². The summed E-state index contributed by atoms with van der Waals surface area (Å²) in [5.74, 6) is 1.27. The first-order valence-corrected chi connectivity index (χ1v) is 9.23. The van der Waals surface area contributed by atoms with Crippen LogP contribution >= 0.6 is 36.4 Å². The van der Waals surface area contributed by atoms with Crippen LogP contribution in [0, 0.1) is 0 Å². The van der Waals surface area contributed by atoms with E-state index in [1.807, 2.05) is 49.5 Å². The Kier molecular flexibility index (Phi) is 10.6. The van der Waals surface area contributed by atoms with Gasteiger partial charge < -0.3 is 15.4 Å². The van der Waals surface area contributed by atoms with Crippen LogP contribution in [0.5, 0.6) is 11.5 Å². The summed E-state index contributed by atoms with van der Waals surface area (Å²) in [5.41, 5.74) is 0.750. The summed E-state index contributed by atoms with van der Waals surface area (Å²) >= 11 is 6.10. The summed E-state index contributed by atoms with van der Waals surface area (Å²) in [6, 6.07) is 15.1. The summed E-state index contributed by atoms with van der Waals surface area (Å²) in [5, 5.41) is 6.84. The minimum absolute atomic E-state index is 0. The van der Waals surface area contributed by atoms with E-state index < -0.39 is 0 Å². The first-order valence-electron chi connectivity index (χ1n) is 8.85. The number of likely N-dealkylation sites (N-methyl/N-ethyl adjacent to an activating group) is 1. The van der Waals surface area contributed by atoms with Gasteiger partial charge in [-0.1, -0.05) is 23.7 Å². The maximum atomic E-state index is 12.3. The smallest absolute Gasteiger partial charge is 0.238 e. The summed E-state index contributed by atoms with van der Waals surface area (Å²) in [6.07, 6.45) is 2.16. The van der Waals surface area contributed by atoms with E-state index in [0.717, 1.165) is 31.6 Å². The predicted molar refractivity (Wildman–Crippen MR) is 120 cm³/mol. The van der Waals surface area contributed by atoms with Gasteiger partial charge in [-0.05, 0) is 69.4 Å². The van der Waals surface area contributed by atoms with E-state index >= 15 is 0 Å². The quantitative estimate of drug-likeness (QED) is 0.681. The van der Waals surface area contributed by atoms with Crippen molar-refractivity contribution in [3.05, 3.63) is 53.6 Å². The van der Waals surface area contributed by atoms with Crippen molar-refractivity contribution in [3.63, 3.8) is 0 Å². The minimum atomic E-state index is -0.00851. The lowest BCUT2D eigenvalue weighted by molar-refractivity contribution is -0.117. The van der Waals surface area contributed by atoms with Crippen molar-refractivity contribution >= 4 is 48.0 Å². The van der Waals surface area contributed by atoms with Gasteiger partial charge in [0.2, 0.25) is 5.91 Å². The Morgan fingerprint density at radius 3 is 2.43 bits per heavy atom. The Morgan fingerprint density at radius 1 is 1.14 bits per heavy atom. The lowest BCUT2D eigenvalue weighted by atomic mass is 10.1. The summed E-state index contributed by atoms with van der Waals surface area (Å²) in [7, 11) is 2.01. The van der Waals surface area contributed by atoms with Crippen molar-refractivity contribution in [3.8, 4) is 11.5 Å². The molecule has 0 radical (unpaired) electrons. The van der Waals surface area contributed by atoms with Crippen LogP contribution in [-0.4, -0.2) is 43.5 Å². The number of hydrogen-bond acceptors (Lipinski definition) is 4. The third-order valence-electron chi connectivity index (χ3n) is 4.53. The number of anilines is 1. The van der Waals surface area contributed by atoms with E-state index in [2.05, 4.69) is 15.5 Å². The molecular weight excluding hydrogens is 421 g/mol. The Labute approximate surface area is 183 Å². The number of para-hydroxylation sites is 1. The number of nitrogens with zero attached hydrogens (tertiary/aromatic N) is 1. The van der Waals surface area contributed by atoms with E-state index in [1.165, 1.54) is 0 Å². The predicted octanol–water partition coefficient (Wildman–Crippen LogP) is 4.60. The fourth-order valence-electron chi connectivity index (χ4n) is 3.06. The molecule has 5 nitrogen and oxygen atoms in total. The average Bonchev–Trinajstić information content (AvgIpc) is 2.66. The van der Waals surface area contributed by atoms with E-state index in [0.29, 0.717) is 29.1 Å². The number of ether oxygens (including phenoxy) is 1. The third-order valence-corrected chi connectivity index (χ3v) is 4.84. The Balaban J connectivity index is 0.00000196. The normalized spacial score (nSPS) is 14.0. The van der Waals surface area contributed by atoms with Crippen LogP contribution in [-0.2, 0) is 4.79 Å². The molecule has 1 fully saturated rings. The highest BCUT2D eigenvalue weighted by molar-refractivity contribution is 6.32. The molecular formula is C20H26Cl3N3O2. The van der Waals surface area contributed by atoms with Gasteiger partial charge in [0.05, 0.1) is 11.6 Å². The van der Waals surface area contributed by atoms with Crippen LogP contribution in [0.1, 0.15) is 12.8 Å². The lowest BCUT2D eigenvalue weighted by Crippen LogP contribution is -2.44. The zero-order valence-electron chi connectivity index (χ0n) is 15.7. The SMILES string of the molecule is CN(CC(=O)Nc1ccc(Oc2ccccc2Cl)cc1)C1CCNCC1.Cl.Cl. The summed E-state index contributed by atoms with van der Waals surface area (Å²) in [6.45, 7) is 2.43. The van der Waals surface area contributed by atoms with Gasteiger partial charge in [-0.15, -0.1) is 24.8 Å². The van der Waals surface area contributed by atoms with E-state index in [-0.39, 0.29) is 30.7 Å². The fraction of sp³-hybridized carbons (Fsp3) is 0.350. The van der Waals surface area contributed by atoms with E-state index in [9.17, 15) is 4.79 Å². The molecule has 0 spiro atoms. The molecule has 0 aromatic heterocycles. The molecule has 1 saturated heterocycles. The number of piperidine rings is 1. The van der Waals surface area contributed by atoms with Crippen LogP contribution in [0.2, 0.25) is 5.02 Å². The third kappa shape index (κ3) is 7.15. The van der Waals surface area contributed by atoms with Gasteiger partial charge in [0, 0.05) is 11.7 Å². The van der Waals surface area contributed by atoms with Crippen molar-refractivity contribution in [2.45, 2.75) is 18.9 Å². The molecule has 1 aliphatic heterocycles. The van der Waals surface area contributed by atoms with E-state index in [4.69, 9.17) is 16.3 Å². The van der Waals surface area contributed by atoms with Gasteiger partial charge in [-0.25, -0.2) is 0 Å². The molecule has 3 rings (SSSR count). The van der Waals surface area contributed by atoms with Crippen LogP contribution in [0.15, 0.2) is 48.5 Å². The molecule has 28 heavy (non-hydrogen) atoms. The molecule has 2 aromatic rings. The van der Waals surface area contributed by atoms with Gasteiger partial charge in [0.1, 0.15) is 11.5 Å². The van der Waals surface area contributed by atoms with Crippen molar-refractivity contribution in [1.82, 2.24) is 10.2 Å². The van der Waals surface area contributed by atoms with Crippen LogP contribution in [0.25, 0.3) is 0 Å². The highest BCUT2D eigenvalue weighted by atomic mass is 35.5. The van der Waals surface area contributed by atoms with Gasteiger partial charge in [0.15, 0.2) is 0 Å². The molecule has 8 heteroatoms. The molecule has 0 aliphatic carbocycles. The minimum Gasteiger partial charge on any atom is -0.456 e. The molecule has 0 atom stereocenters. The highest BCUT2D eigenvalue weighted by Gasteiger charge is 2.19. The van der Waals surface area contributed by atoms with Crippen molar-refractivity contribution in [2.24, 2.45) is 0 Å². The Morgan fingerprint density at radius 2 is 1.79 bits per heavy atom. The number of carbonyl (C=O) groups excluding carboxylic acids is 1. The Hall–Kier alpha value is -1.50. The maximum Gasteiger partial charge on any atom is 0.238 e. The molecule has 2 aromatic carbocycles. The second-order valence-electron chi connectivity index (χ2n) is 6.50. The van der Waals surface area contributed by atoms with Crippen molar-refractivity contribution < 1.29 is 9.53 Å². The number of amides is 1. The average molecular weight is 447 g/mol. The van der Waals surface area contributed by atoms with E-state index in [1.54, 1.807) is 6.07 Å². The number of rotatable bonds is 6.